The molecule has 0 radical (unpaired) electrons. The molecule has 3 aliphatic heterocycles. The summed E-state index contributed by atoms with van der Waals surface area (Å²) in [6.45, 7) is 1.18. The van der Waals surface area contributed by atoms with Crippen molar-refractivity contribution >= 4 is 17.5 Å². The van der Waals surface area contributed by atoms with Gasteiger partial charge in [-0.1, -0.05) is 30.7 Å². The summed E-state index contributed by atoms with van der Waals surface area (Å²) in [5.41, 5.74) is 4.32. The van der Waals surface area contributed by atoms with Gasteiger partial charge in [-0.2, -0.15) is 0 Å². The molecule has 4 aliphatic rings. The van der Waals surface area contributed by atoms with Crippen molar-refractivity contribution < 1.29 is 24.2 Å². The van der Waals surface area contributed by atoms with Crippen LogP contribution >= 0.6 is 0 Å². The summed E-state index contributed by atoms with van der Waals surface area (Å²) in [6, 6.07) is 14.0. The Bertz CT molecular complexity index is 1130. The number of carbonyl (C=O) groups is 2. The number of anilines is 1. The van der Waals surface area contributed by atoms with Gasteiger partial charge in [0.15, 0.2) is 0 Å². The van der Waals surface area contributed by atoms with E-state index in [9.17, 15) is 14.7 Å². The first kappa shape index (κ1) is 22.6. The molecular formula is C28H32N2O5. The number of nitrogens with one attached hydrogen (secondary N) is 1. The molecular weight excluding hydrogens is 444 g/mol. The summed E-state index contributed by atoms with van der Waals surface area (Å²) in [7, 11) is 0. The largest absolute Gasteiger partial charge is 0.487 e. The molecule has 6 rings (SSSR count). The molecule has 184 valence electrons. The number of hydrogen-bond acceptors (Lipinski definition) is 5. The minimum atomic E-state index is -0.492. The fourth-order valence-corrected chi connectivity index (χ4v) is 5.91. The molecule has 2 N–H and O–H groups in total. The second-order valence-electron chi connectivity index (χ2n) is 10.3. The monoisotopic (exact) mass is 476 g/mol. The van der Waals surface area contributed by atoms with E-state index in [4.69, 9.17) is 9.47 Å². The van der Waals surface area contributed by atoms with Gasteiger partial charge in [-0.05, 0) is 55.0 Å². The van der Waals surface area contributed by atoms with Crippen LogP contribution in [0.2, 0.25) is 0 Å². The fraction of sp³-hybridized carbons (Fsp3) is 0.500. The maximum Gasteiger partial charge on any atom is 0.227 e. The van der Waals surface area contributed by atoms with E-state index in [1.54, 1.807) is 0 Å². The van der Waals surface area contributed by atoms with Gasteiger partial charge in [0.25, 0.3) is 0 Å². The fourth-order valence-electron chi connectivity index (χ4n) is 5.91. The lowest BCUT2D eigenvalue weighted by Crippen LogP contribution is -2.48. The Balaban J connectivity index is 1.15. The standard InChI is InChI=1S/C28H32N2O5/c31-16-25-27-23(22-12-20(8-9-24(22)35-27)29-28(33)18-6-3-7-18)13-21(34-25)14-26(32)30-11-10-17-4-1-2-5-19(17)15-30/h1-2,4-5,8-9,12,18,21,23,25,27,31H,3,6-7,10-11,13-16H2,(H,29,33)/t21-,23+,25-,27-/m1/s1. The topological polar surface area (TPSA) is 88.1 Å². The van der Waals surface area contributed by atoms with Gasteiger partial charge in [-0.3, -0.25) is 9.59 Å². The molecule has 0 unspecified atom stereocenters. The van der Waals surface area contributed by atoms with Crippen LogP contribution in [0.5, 0.6) is 5.75 Å². The van der Waals surface area contributed by atoms with Crippen molar-refractivity contribution in [3.63, 3.8) is 0 Å². The van der Waals surface area contributed by atoms with Crippen LogP contribution in [0.15, 0.2) is 42.5 Å². The van der Waals surface area contributed by atoms with Crippen molar-refractivity contribution in [3.05, 3.63) is 59.2 Å². The molecule has 0 bridgehead atoms. The number of hydrogen-bond donors (Lipinski definition) is 2. The van der Waals surface area contributed by atoms with E-state index >= 15 is 0 Å². The molecule has 2 amide bonds. The van der Waals surface area contributed by atoms with Gasteiger partial charge in [-0.15, -0.1) is 0 Å². The summed E-state index contributed by atoms with van der Waals surface area (Å²) < 4.78 is 12.3. The number of nitrogens with zero attached hydrogens (tertiary/aromatic N) is 1. The van der Waals surface area contributed by atoms with Gasteiger partial charge in [-0.25, -0.2) is 0 Å². The maximum absolute atomic E-state index is 13.2. The van der Waals surface area contributed by atoms with Gasteiger partial charge in [0, 0.05) is 36.2 Å². The number of benzene rings is 2. The molecule has 0 spiro atoms. The molecule has 2 aromatic rings. The molecule has 2 fully saturated rings. The number of fused-ring (bicyclic) bond motifs is 4. The summed E-state index contributed by atoms with van der Waals surface area (Å²) >= 11 is 0. The van der Waals surface area contributed by atoms with E-state index < -0.39 is 6.10 Å². The lowest BCUT2D eigenvalue weighted by molar-refractivity contribution is -0.149. The number of carbonyl (C=O) groups excluding carboxylic acids is 2. The second-order valence-corrected chi connectivity index (χ2v) is 10.3. The van der Waals surface area contributed by atoms with Gasteiger partial charge in [0.2, 0.25) is 11.8 Å². The maximum atomic E-state index is 13.2. The summed E-state index contributed by atoms with van der Waals surface area (Å²) in [4.78, 5) is 27.5. The number of rotatable bonds is 5. The van der Waals surface area contributed by atoms with Gasteiger partial charge in [0.05, 0.1) is 19.1 Å². The summed E-state index contributed by atoms with van der Waals surface area (Å²) in [5, 5.41) is 13.1. The summed E-state index contributed by atoms with van der Waals surface area (Å²) in [5.74, 6) is 1.06. The predicted octanol–water partition coefficient (Wildman–Crippen LogP) is 3.39. The molecule has 7 nitrogen and oxygen atoms in total. The van der Waals surface area contributed by atoms with Crippen molar-refractivity contribution in [2.75, 3.05) is 18.5 Å². The predicted molar refractivity (Wildman–Crippen MR) is 130 cm³/mol. The first-order valence-corrected chi connectivity index (χ1v) is 12.8. The lowest BCUT2D eigenvalue weighted by atomic mass is 9.83. The van der Waals surface area contributed by atoms with Crippen LogP contribution in [0, 0.1) is 5.92 Å². The Kier molecular flexibility index (Phi) is 5.98. The van der Waals surface area contributed by atoms with Crippen LogP contribution in [0.25, 0.3) is 0 Å². The van der Waals surface area contributed by atoms with Crippen LogP contribution in [-0.4, -0.2) is 53.3 Å². The first-order valence-electron chi connectivity index (χ1n) is 12.8. The zero-order valence-electron chi connectivity index (χ0n) is 19.8. The second kappa shape index (κ2) is 9.28. The SMILES string of the molecule is O=C(Nc1ccc2c(c1)[C@@H]1C[C@H](CC(=O)N3CCc4ccccc4C3)O[C@H](CO)[C@@H]1O2)C1CCC1. The highest BCUT2D eigenvalue weighted by atomic mass is 16.6. The Labute approximate surface area is 205 Å². The van der Waals surface area contributed by atoms with Crippen molar-refractivity contribution in [2.24, 2.45) is 5.92 Å². The molecule has 1 aliphatic carbocycles. The minimum absolute atomic E-state index is 0.0105. The Morgan fingerprint density at radius 1 is 1.11 bits per heavy atom. The minimum Gasteiger partial charge on any atom is -0.487 e. The molecule has 0 aromatic heterocycles. The lowest BCUT2D eigenvalue weighted by Gasteiger charge is -2.38. The zero-order chi connectivity index (χ0) is 23.9. The summed E-state index contributed by atoms with van der Waals surface area (Å²) in [6.07, 6.45) is 3.76. The third-order valence-electron chi connectivity index (χ3n) is 8.13. The van der Waals surface area contributed by atoms with E-state index in [-0.39, 0.29) is 48.9 Å². The average molecular weight is 477 g/mol. The van der Waals surface area contributed by atoms with Gasteiger partial charge < -0.3 is 24.8 Å². The van der Waals surface area contributed by atoms with Crippen LogP contribution < -0.4 is 10.1 Å². The van der Waals surface area contributed by atoms with E-state index in [0.29, 0.717) is 19.5 Å². The van der Waals surface area contributed by atoms with E-state index in [2.05, 4.69) is 17.4 Å². The van der Waals surface area contributed by atoms with Crippen LogP contribution in [0.1, 0.15) is 54.7 Å². The van der Waals surface area contributed by atoms with Crippen LogP contribution in [0.3, 0.4) is 0 Å². The Morgan fingerprint density at radius 3 is 2.71 bits per heavy atom. The molecule has 4 atom stereocenters. The third-order valence-corrected chi connectivity index (χ3v) is 8.13. The van der Waals surface area contributed by atoms with Crippen molar-refractivity contribution in [2.45, 2.75) is 69.3 Å². The molecule has 3 heterocycles. The van der Waals surface area contributed by atoms with Crippen LogP contribution in [0.4, 0.5) is 5.69 Å². The molecule has 1 saturated carbocycles. The van der Waals surface area contributed by atoms with E-state index in [1.165, 1.54) is 11.1 Å². The zero-order valence-corrected chi connectivity index (χ0v) is 19.8. The average Bonchev–Trinajstić information content (AvgIpc) is 3.20. The number of aliphatic hydroxyl groups excluding tert-OH is 1. The van der Waals surface area contributed by atoms with Crippen molar-refractivity contribution in [3.8, 4) is 5.75 Å². The van der Waals surface area contributed by atoms with Gasteiger partial charge >= 0.3 is 0 Å². The normalized spacial score (nSPS) is 27.2. The van der Waals surface area contributed by atoms with Crippen molar-refractivity contribution in [1.82, 2.24) is 4.90 Å². The van der Waals surface area contributed by atoms with Crippen molar-refractivity contribution in [1.29, 1.82) is 0 Å². The Hall–Kier alpha value is -2.90. The highest BCUT2D eigenvalue weighted by Crippen LogP contribution is 2.47. The highest BCUT2D eigenvalue weighted by molar-refractivity contribution is 5.93. The number of aliphatic hydroxyl groups is 1. The molecule has 35 heavy (non-hydrogen) atoms. The molecule has 2 aromatic carbocycles. The van der Waals surface area contributed by atoms with Crippen LogP contribution in [-0.2, 0) is 27.3 Å². The quantitative estimate of drug-likeness (QED) is 0.691. The molecule has 1 saturated heterocycles. The Morgan fingerprint density at radius 2 is 1.94 bits per heavy atom. The number of amides is 2. The molecule has 7 heteroatoms. The van der Waals surface area contributed by atoms with E-state index in [1.807, 2.05) is 35.2 Å². The highest BCUT2D eigenvalue weighted by Gasteiger charge is 2.46. The smallest absolute Gasteiger partial charge is 0.227 e. The number of ether oxygens (including phenoxy) is 2. The first-order chi connectivity index (χ1) is 17.1. The third kappa shape index (κ3) is 4.32. The van der Waals surface area contributed by atoms with E-state index in [0.717, 1.165) is 42.7 Å². The van der Waals surface area contributed by atoms with Gasteiger partial charge in [0.1, 0.15) is 18.0 Å².